The Kier molecular flexibility index (Phi) is 4.46. The molecule has 1 aromatic rings. The fourth-order valence-corrected chi connectivity index (χ4v) is 2.52. The number of halogens is 3. The summed E-state index contributed by atoms with van der Waals surface area (Å²) in [5.74, 6) is -4.89. The molecule has 0 bridgehead atoms. The van der Waals surface area contributed by atoms with E-state index in [0.717, 1.165) is 0 Å². The van der Waals surface area contributed by atoms with Crippen molar-refractivity contribution >= 4 is 29.2 Å². The third kappa shape index (κ3) is 3.91. The Labute approximate surface area is 125 Å². The van der Waals surface area contributed by atoms with Gasteiger partial charge in [0.15, 0.2) is 0 Å². The fraction of sp³-hybridized carbons (Fsp3) is 0.429. The number of rotatable bonds is 3. The second-order valence-electron chi connectivity index (χ2n) is 5.11. The van der Waals surface area contributed by atoms with Crippen LogP contribution in [0.5, 0.6) is 0 Å². The predicted molar refractivity (Wildman–Crippen MR) is 73.9 cm³/mol. The number of amides is 1. The van der Waals surface area contributed by atoms with E-state index in [4.69, 9.17) is 16.7 Å². The van der Waals surface area contributed by atoms with E-state index in [1.165, 1.54) is 18.2 Å². The molecule has 114 valence electrons. The van der Waals surface area contributed by atoms with Crippen molar-refractivity contribution in [3.63, 3.8) is 0 Å². The lowest BCUT2D eigenvalue weighted by atomic mass is 9.86. The van der Waals surface area contributed by atoms with Crippen molar-refractivity contribution in [2.45, 2.75) is 31.6 Å². The summed E-state index contributed by atoms with van der Waals surface area (Å²) in [5, 5.41) is 11.8. The van der Waals surface area contributed by atoms with Crippen molar-refractivity contribution in [3.05, 3.63) is 28.8 Å². The molecule has 0 aromatic heterocycles. The molecule has 2 N–H and O–H groups in total. The summed E-state index contributed by atoms with van der Waals surface area (Å²) in [6, 6.07) is 4.03. The Morgan fingerprint density at radius 3 is 2.48 bits per heavy atom. The molecule has 0 unspecified atom stereocenters. The summed E-state index contributed by atoms with van der Waals surface area (Å²) in [5.41, 5.74) is -0.00813. The van der Waals surface area contributed by atoms with E-state index in [-0.39, 0.29) is 42.0 Å². The zero-order valence-corrected chi connectivity index (χ0v) is 11.8. The van der Waals surface area contributed by atoms with Crippen LogP contribution in [0, 0.1) is 5.92 Å². The molecule has 1 aromatic carbocycles. The zero-order chi connectivity index (χ0) is 15.6. The first kappa shape index (κ1) is 15.7. The highest BCUT2D eigenvalue weighted by atomic mass is 35.5. The molecule has 0 heterocycles. The van der Waals surface area contributed by atoms with Gasteiger partial charge in [-0.25, -0.2) is 13.6 Å². The molecule has 1 aliphatic rings. The molecular formula is C14H14ClF2NO3. The molecule has 1 saturated carbocycles. The number of hydrogen-bond acceptors (Lipinski definition) is 2. The van der Waals surface area contributed by atoms with Gasteiger partial charge in [-0.05, 0) is 31.0 Å². The summed E-state index contributed by atoms with van der Waals surface area (Å²) >= 11 is 5.78. The third-order valence-electron chi connectivity index (χ3n) is 3.56. The van der Waals surface area contributed by atoms with Crippen molar-refractivity contribution in [3.8, 4) is 0 Å². The van der Waals surface area contributed by atoms with E-state index in [0.29, 0.717) is 0 Å². The molecule has 0 atom stereocenters. The lowest BCUT2D eigenvalue weighted by Gasteiger charge is -2.27. The van der Waals surface area contributed by atoms with Crippen LogP contribution in [0.15, 0.2) is 18.2 Å². The topological polar surface area (TPSA) is 66.4 Å². The molecule has 0 saturated heterocycles. The highest BCUT2D eigenvalue weighted by Gasteiger charge is 2.37. The molecule has 4 nitrogen and oxygen atoms in total. The highest BCUT2D eigenvalue weighted by Crippen LogP contribution is 2.36. The molecule has 0 aliphatic heterocycles. The van der Waals surface area contributed by atoms with Crippen molar-refractivity contribution in [1.82, 2.24) is 0 Å². The monoisotopic (exact) mass is 317 g/mol. The number of carbonyl (C=O) groups is 2. The Hall–Kier alpha value is -1.69. The van der Waals surface area contributed by atoms with Crippen molar-refractivity contribution in [2.24, 2.45) is 5.92 Å². The number of anilines is 1. The number of carbonyl (C=O) groups excluding carboxylic acids is 1. The Bertz CT molecular complexity index is 567. The van der Waals surface area contributed by atoms with Gasteiger partial charge in [-0.15, -0.1) is 0 Å². The lowest BCUT2D eigenvalue weighted by molar-refractivity contribution is -0.124. The van der Waals surface area contributed by atoms with Crippen LogP contribution in [-0.2, 0) is 4.79 Å². The minimum absolute atomic E-state index is 0.0809. The van der Waals surface area contributed by atoms with E-state index < -0.39 is 23.7 Å². The van der Waals surface area contributed by atoms with Gasteiger partial charge in [0.25, 0.3) is 0 Å². The largest absolute Gasteiger partial charge is 0.478 e. The smallest absolute Gasteiger partial charge is 0.337 e. The maximum absolute atomic E-state index is 13.1. The van der Waals surface area contributed by atoms with Gasteiger partial charge < -0.3 is 10.4 Å². The number of benzene rings is 1. The number of carboxylic acid groups (broad SMARTS) is 1. The average Bonchev–Trinajstić information content (AvgIpc) is 2.38. The minimum Gasteiger partial charge on any atom is -0.478 e. The van der Waals surface area contributed by atoms with E-state index >= 15 is 0 Å². The van der Waals surface area contributed by atoms with E-state index in [1.54, 1.807) is 0 Å². The molecule has 1 amide bonds. The van der Waals surface area contributed by atoms with Gasteiger partial charge in [0.1, 0.15) is 0 Å². The Morgan fingerprint density at radius 2 is 1.90 bits per heavy atom. The number of alkyl halides is 2. The molecule has 21 heavy (non-hydrogen) atoms. The van der Waals surface area contributed by atoms with E-state index in [1.807, 2.05) is 0 Å². The van der Waals surface area contributed by atoms with Gasteiger partial charge in [-0.1, -0.05) is 11.6 Å². The maximum Gasteiger partial charge on any atom is 0.337 e. The number of hydrogen-bond donors (Lipinski definition) is 2. The van der Waals surface area contributed by atoms with E-state index in [2.05, 4.69) is 5.32 Å². The summed E-state index contributed by atoms with van der Waals surface area (Å²) in [4.78, 5) is 23.2. The Balaban J connectivity index is 2.10. The summed E-state index contributed by atoms with van der Waals surface area (Å²) < 4.78 is 26.1. The highest BCUT2D eigenvalue weighted by molar-refractivity contribution is 6.31. The standard InChI is InChI=1S/C14H14ClF2NO3/c15-9-1-2-10(13(20)21)11(7-9)18-12(19)8-3-5-14(16,17)6-4-8/h1-2,7-8H,3-6H2,(H,18,19)(H,20,21). The van der Waals surface area contributed by atoms with Gasteiger partial charge in [0.2, 0.25) is 11.8 Å². The SMILES string of the molecule is O=C(O)c1ccc(Cl)cc1NC(=O)C1CCC(F)(F)CC1. The van der Waals surface area contributed by atoms with Gasteiger partial charge in [0, 0.05) is 23.8 Å². The first-order chi connectivity index (χ1) is 9.78. The normalized spacial score (nSPS) is 18.2. The first-order valence-electron chi connectivity index (χ1n) is 6.50. The lowest BCUT2D eigenvalue weighted by Crippen LogP contribution is -2.32. The van der Waals surface area contributed by atoms with Gasteiger partial charge in [0.05, 0.1) is 11.3 Å². The van der Waals surface area contributed by atoms with Crippen LogP contribution >= 0.6 is 11.6 Å². The first-order valence-corrected chi connectivity index (χ1v) is 6.88. The molecule has 1 fully saturated rings. The van der Waals surface area contributed by atoms with Crippen LogP contribution < -0.4 is 5.32 Å². The molecular weight excluding hydrogens is 304 g/mol. The van der Waals surface area contributed by atoms with Crippen LogP contribution in [0.2, 0.25) is 5.02 Å². The summed E-state index contributed by atoms with van der Waals surface area (Å²) in [7, 11) is 0. The molecule has 1 aliphatic carbocycles. The van der Waals surface area contributed by atoms with Gasteiger partial charge in [-0.3, -0.25) is 4.79 Å². The number of nitrogens with one attached hydrogen (secondary N) is 1. The van der Waals surface area contributed by atoms with Crippen LogP contribution in [0.25, 0.3) is 0 Å². The zero-order valence-electron chi connectivity index (χ0n) is 11.0. The summed E-state index contributed by atoms with van der Waals surface area (Å²) in [6.45, 7) is 0. The molecule has 2 rings (SSSR count). The average molecular weight is 318 g/mol. The van der Waals surface area contributed by atoms with Crippen LogP contribution in [0.1, 0.15) is 36.0 Å². The van der Waals surface area contributed by atoms with Crippen molar-refractivity contribution < 1.29 is 23.5 Å². The maximum atomic E-state index is 13.1. The van der Waals surface area contributed by atoms with Crippen LogP contribution in [0.3, 0.4) is 0 Å². The number of carboxylic acids is 1. The van der Waals surface area contributed by atoms with Crippen molar-refractivity contribution in [2.75, 3.05) is 5.32 Å². The van der Waals surface area contributed by atoms with Crippen LogP contribution in [-0.4, -0.2) is 22.9 Å². The van der Waals surface area contributed by atoms with Gasteiger partial charge in [-0.2, -0.15) is 0 Å². The van der Waals surface area contributed by atoms with E-state index in [9.17, 15) is 18.4 Å². The van der Waals surface area contributed by atoms with Crippen LogP contribution in [0.4, 0.5) is 14.5 Å². The van der Waals surface area contributed by atoms with Crippen molar-refractivity contribution in [1.29, 1.82) is 0 Å². The Morgan fingerprint density at radius 1 is 1.29 bits per heavy atom. The predicted octanol–water partition coefficient (Wildman–Crippen LogP) is 3.80. The second-order valence-corrected chi connectivity index (χ2v) is 5.55. The fourth-order valence-electron chi connectivity index (χ4n) is 2.34. The molecule has 0 spiro atoms. The molecule has 0 radical (unpaired) electrons. The summed E-state index contributed by atoms with van der Waals surface area (Å²) in [6.07, 6.45) is -0.484. The van der Waals surface area contributed by atoms with Gasteiger partial charge >= 0.3 is 5.97 Å². The quantitative estimate of drug-likeness (QED) is 0.891. The third-order valence-corrected chi connectivity index (χ3v) is 3.79. The molecule has 7 heteroatoms. The number of aromatic carboxylic acids is 1. The second kappa shape index (κ2) is 5.97. The minimum atomic E-state index is -2.71.